The van der Waals surface area contributed by atoms with Crippen LogP contribution in [0.1, 0.15) is 18.9 Å². The molecule has 0 saturated heterocycles. The van der Waals surface area contributed by atoms with E-state index in [2.05, 4.69) is 9.98 Å². The summed E-state index contributed by atoms with van der Waals surface area (Å²) < 4.78 is 74.9. The van der Waals surface area contributed by atoms with E-state index < -0.39 is 47.1 Å². The summed E-state index contributed by atoms with van der Waals surface area (Å²) >= 11 is 6.11. The van der Waals surface area contributed by atoms with E-state index in [1.807, 2.05) is 19.0 Å². The molecule has 0 aliphatic carbocycles. The third-order valence-electron chi connectivity index (χ3n) is 4.90. The number of nitrogens with zero attached hydrogens (tertiary/aromatic N) is 5. The van der Waals surface area contributed by atoms with Crippen LogP contribution in [-0.2, 0) is 0 Å². The van der Waals surface area contributed by atoms with Crippen molar-refractivity contribution in [2.45, 2.75) is 25.6 Å². The second kappa shape index (κ2) is 9.20. The molecule has 176 valence electrons. The molecule has 0 fully saturated rings. The molecule has 0 bridgehead atoms. The highest BCUT2D eigenvalue weighted by Crippen LogP contribution is 2.36. The number of fused-ring (bicyclic) bond motifs is 1. The van der Waals surface area contributed by atoms with Gasteiger partial charge in [0, 0.05) is 18.7 Å². The maximum Gasteiger partial charge on any atom is 0.405 e. The van der Waals surface area contributed by atoms with Gasteiger partial charge in [0.25, 0.3) is 0 Å². The number of hydrogen-bond donors (Lipinski definition) is 1. The van der Waals surface area contributed by atoms with Crippen LogP contribution in [0.5, 0.6) is 5.75 Å². The van der Waals surface area contributed by atoms with E-state index in [1.54, 1.807) is 0 Å². The lowest BCUT2D eigenvalue weighted by molar-refractivity contribution is -0.198. The summed E-state index contributed by atoms with van der Waals surface area (Å²) in [5, 5.41) is 1.26. The van der Waals surface area contributed by atoms with Crippen LogP contribution < -0.4 is 10.5 Å². The van der Waals surface area contributed by atoms with Crippen LogP contribution in [0.4, 0.5) is 22.0 Å². The predicted molar refractivity (Wildman–Crippen MR) is 111 cm³/mol. The van der Waals surface area contributed by atoms with E-state index >= 15 is 0 Å². The highest BCUT2D eigenvalue weighted by atomic mass is 35.5. The zero-order valence-corrected chi connectivity index (χ0v) is 18.3. The van der Waals surface area contributed by atoms with Crippen LogP contribution in [0.3, 0.4) is 0 Å². The SMILES string of the molecule is CC(N1CN=C2N=C(Cl)C(c3c(F)cc(OCCCN(C)C)cc3F)=C(N)N21)C(F)(F)F. The second-order valence-corrected chi connectivity index (χ2v) is 7.86. The zero-order chi connectivity index (χ0) is 23.8. The van der Waals surface area contributed by atoms with Gasteiger partial charge in [-0.2, -0.15) is 23.2 Å². The average Bonchev–Trinajstić information content (AvgIpc) is 3.09. The number of benzene rings is 1. The fourth-order valence-electron chi connectivity index (χ4n) is 3.20. The number of hydrazine groups is 1. The number of nitrogens with two attached hydrogens (primary N) is 1. The van der Waals surface area contributed by atoms with Crippen molar-refractivity contribution < 1.29 is 26.7 Å². The number of halogens is 6. The summed E-state index contributed by atoms with van der Waals surface area (Å²) in [6, 6.07) is -0.0620. The van der Waals surface area contributed by atoms with Crippen molar-refractivity contribution in [3.05, 3.63) is 35.2 Å². The van der Waals surface area contributed by atoms with Crippen molar-refractivity contribution in [3.63, 3.8) is 0 Å². The Hall–Kier alpha value is -2.44. The lowest BCUT2D eigenvalue weighted by atomic mass is 10.0. The van der Waals surface area contributed by atoms with Crippen LogP contribution in [-0.4, -0.2) is 72.2 Å². The third-order valence-corrected chi connectivity index (χ3v) is 5.17. The first-order valence-electron chi connectivity index (χ1n) is 9.61. The number of allylic oxidation sites excluding steroid dienone is 1. The largest absolute Gasteiger partial charge is 0.493 e. The lowest BCUT2D eigenvalue weighted by Gasteiger charge is -2.36. The molecule has 7 nitrogen and oxygen atoms in total. The normalized spacial score (nSPS) is 18.1. The van der Waals surface area contributed by atoms with Gasteiger partial charge in [0.05, 0.1) is 17.7 Å². The average molecular weight is 481 g/mol. The fourth-order valence-corrected chi connectivity index (χ4v) is 3.47. The highest BCUT2D eigenvalue weighted by Gasteiger charge is 2.47. The van der Waals surface area contributed by atoms with Gasteiger partial charge in [0.15, 0.2) is 0 Å². The molecule has 1 aromatic rings. The Labute approximate surface area is 186 Å². The maximum atomic E-state index is 14.9. The number of alkyl halides is 3. The zero-order valence-electron chi connectivity index (χ0n) is 17.5. The molecule has 1 unspecified atom stereocenters. The molecular weight excluding hydrogens is 459 g/mol. The van der Waals surface area contributed by atoms with E-state index in [4.69, 9.17) is 22.1 Å². The molecule has 0 aromatic heterocycles. The first-order valence-corrected chi connectivity index (χ1v) is 9.98. The molecule has 2 heterocycles. The minimum atomic E-state index is -4.60. The molecule has 0 spiro atoms. The Kier molecular flexibility index (Phi) is 6.96. The molecule has 0 amide bonds. The first-order chi connectivity index (χ1) is 14.9. The quantitative estimate of drug-likeness (QED) is 0.479. The molecule has 32 heavy (non-hydrogen) atoms. The molecular formula is C19H22ClF5N6O. The van der Waals surface area contributed by atoms with Crippen molar-refractivity contribution in [1.82, 2.24) is 14.9 Å². The van der Waals surface area contributed by atoms with E-state index in [0.717, 1.165) is 35.6 Å². The number of aliphatic imine (C=N–C) groups is 2. The monoisotopic (exact) mass is 480 g/mol. The van der Waals surface area contributed by atoms with Crippen LogP contribution in [0.15, 0.2) is 27.9 Å². The first kappa shape index (κ1) is 24.2. The van der Waals surface area contributed by atoms with Crippen LogP contribution in [0, 0.1) is 11.6 Å². The number of hydrogen-bond acceptors (Lipinski definition) is 7. The summed E-state index contributed by atoms with van der Waals surface area (Å²) in [5.74, 6) is -2.76. The van der Waals surface area contributed by atoms with E-state index in [0.29, 0.717) is 6.42 Å². The minimum absolute atomic E-state index is 0.0405. The Bertz CT molecular complexity index is 954. The summed E-state index contributed by atoms with van der Waals surface area (Å²) in [5.41, 5.74) is 5.04. The van der Waals surface area contributed by atoms with Gasteiger partial charge in [0.2, 0.25) is 5.96 Å². The van der Waals surface area contributed by atoms with Gasteiger partial charge in [-0.15, -0.1) is 0 Å². The Balaban J connectivity index is 1.93. The van der Waals surface area contributed by atoms with Gasteiger partial charge in [0.1, 0.15) is 41.1 Å². The fraction of sp³-hybridized carbons (Fsp3) is 0.474. The minimum Gasteiger partial charge on any atom is -0.493 e. The molecule has 2 aliphatic rings. The van der Waals surface area contributed by atoms with E-state index in [-0.39, 0.29) is 23.9 Å². The molecule has 0 saturated carbocycles. The highest BCUT2D eigenvalue weighted by molar-refractivity contribution is 6.77. The summed E-state index contributed by atoms with van der Waals surface area (Å²) in [6.45, 7) is 1.48. The Morgan fingerprint density at radius 3 is 2.44 bits per heavy atom. The van der Waals surface area contributed by atoms with E-state index in [9.17, 15) is 22.0 Å². The van der Waals surface area contributed by atoms with Crippen molar-refractivity contribution in [2.75, 3.05) is 33.9 Å². The molecule has 0 radical (unpaired) electrons. The smallest absolute Gasteiger partial charge is 0.405 e. The Morgan fingerprint density at radius 1 is 1.25 bits per heavy atom. The van der Waals surface area contributed by atoms with Gasteiger partial charge >= 0.3 is 6.18 Å². The van der Waals surface area contributed by atoms with Gasteiger partial charge < -0.3 is 15.4 Å². The predicted octanol–water partition coefficient (Wildman–Crippen LogP) is 3.37. The molecule has 2 N–H and O–H groups in total. The molecule has 2 aliphatic heterocycles. The summed E-state index contributed by atoms with van der Waals surface area (Å²) in [7, 11) is 3.77. The summed E-state index contributed by atoms with van der Waals surface area (Å²) in [6.07, 6.45) is -3.96. The number of guanidine groups is 1. The van der Waals surface area contributed by atoms with Crippen molar-refractivity contribution >= 4 is 28.3 Å². The standard InChI is InChI=1S/C19H22ClF5N6O/c1-10(19(23,24)25)30-9-27-18-28-16(20)15(17(26)31(18)30)14-12(21)7-11(8-13(14)22)32-6-4-5-29(2)3/h7-8,10H,4-6,9,26H2,1-3H3. The lowest BCUT2D eigenvalue weighted by Crippen LogP contribution is -2.53. The van der Waals surface area contributed by atoms with Gasteiger partial charge in [-0.3, -0.25) is 0 Å². The molecule has 1 aromatic carbocycles. The summed E-state index contributed by atoms with van der Waals surface area (Å²) in [4.78, 5) is 9.71. The van der Waals surface area contributed by atoms with Gasteiger partial charge in [-0.25, -0.2) is 18.8 Å². The second-order valence-electron chi connectivity index (χ2n) is 7.50. The van der Waals surface area contributed by atoms with Crippen LogP contribution >= 0.6 is 11.6 Å². The van der Waals surface area contributed by atoms with Gasteiger partial charge in [-0.1, -0.05) is 11.6 Å². The number of ether oxygens (including phenoxy) is 1. The maximum absolute atomic E-state index is 14.9. The van der Waals surface area contributed by atoms with E-state index in [1.165, 1.54) is 0 Å². The molecule has 3 rings (SSSR count). The third kappa shape index (κ3) is 4.81. The van der Waals surface area contributed by atoms with Crippen LogP contribution in [0.2, 0.25) is 0 Å². The van der Waals surface area contributed by atoms with Gasteiger partial charge in [-0.05, 0) is 27.4 Å². The van der Waals surface area contributed by atoms with Crippen molar-refractivity contribution in [1.29, 1.82) is 0 Å². The Morgan fingerprint density at radius 2 is 1.88 bits per heavy atom. The molecule has 1 atom stereocenters. The molecule has 13 heteroatoms. The van der Waals surface area contributed by atoms with Crippen LogP contribution in [0.25, 0.3) is 5.57 Å². The van der Waals surface area contributed by atoms with Crippen molar-refractivity contribution in [3.8, 4) is 5.75 Å². The number of rotatable bonds is 7. The van der Waals surface area contributed by atoms with Crippen molar-refractivity contribution in [2.24, 2.45) is 15.7 Å². The topological polar surface area (TPSA) is 69.7 Å².